The Labute approximate surface area is 102 Å². The predicted molar refractivity (Wildman–Crippen MR) is 67.6 cm³/mol. The van der Waals surface area contributed by atoms with Crippen molar-refractivity contribution in [1.29, 1.82) is 0 Å². The van der Waals surface area contributed by atoms with E-state index in [9.17, 15) is 0 Å². The van der Waals surface area contributed by atoms with Crippen molar-refractivity contribution >= 4 is 5.69 Å². The number of aryl methyl sites for hydroxylation is 1. The van der Waals surface area contributed by atoms with Crippen LogP contribution in [0.15, 0.2) is 6.20 Å². The first kappa shape index (κ1) is 10.8. The number of ether oxygens (including phenoxy) is 1. The van der Waals surface area contributed by atoms with E-state index in [-0.39, 0.29) is 0 Å². The summed E-state index contributed by atoms with van der Waals surface area (Å²) in [6.07, 6.45) is 4.50. The number of anilines is 1. The summed E-state index contributed by atoms with van der Waals surface area (Å²) in [6, 6.07) is 0.492. The summed E-state index contributed by atoms with van der Waals surface area (Å²) in [6.45, 7) is 4.81. The molecular formula is C13H19N3O. The third kappa shape index (κ3) is 1.76. The fourth-order valence-electron chi connectivity index (χ4n) is 2.85. The van der Waals surface area contributed by atoms with Crippen LogP contribution in [0.2, 0.25) is 0 Å². The Kier molecular flexibility index (Phi) is 2.67. The van der Waals surface area contributed by atoms with E-state index < -0.39 is 0 Å². The van der Waals surface area contributed by atoms with Crippen LogP contribution in [-0.2, 0) is 0 Å². The fraction of sp³-hybridized carbons (Fsp3) is 0.615. The molecule has 0 radical (unpaired) electrons. The zero-order valence-corrected chi connectivity index (χ0v) is 10.5. The van der Waals surface area contributed by atoms with Gasteiger partial charge >= 0.3 is 0 Å². The van der Waals surface area contributed by atoms with Crippen LogP contribution < -0.4 is 10.1 Å². The van der Waals surface area contributed by atoms with E-state index in [0.717, 1.165) is 24.6 Å². The van der Waals surface area contributed by atoms with E-state index >= 15 is 0 Å². The second-order valence-corrected chi connectivity index (χ2v) is 4.92. The van der Waals surface area contributed by atoms with Gasteiger partial charge in [0.2, 0.25) is 0 Å². The van der Waals surface area contributed by atoms with Crippen LogP contribution in [0.25, 0.3) is 0 Å². The lowest BCUT2D eigenvalue weighted by Crippen LogP contribution is -2.24. The Morgan fingerprint density at radius 2 is 2.41 bits per heavy atom. The molecule has 0 aliphatic carbocycles. The number of hydrogen-bond donors (Lipinski definition) is 1. The minimum absolute atomic E-state index is 0.492. The topological polar surface area (TPSA) is 37.4 Å². The first-order valence-corrected chi connectivity index (χ1v) is 6.34. The van der Waals surface area contributed by atoms with Gasteiger partial charge in [-0.3, -0.25) is 9.88 Å². The van der Waals surface area contributed by atoms with Gasteiger partial charge in [-0.2, -0.15) is 0 Å². The number of nitrogens with one attached hydrogen (secondary N) is 1. The van der Waals surface area contributed by atoms with Gasteiger partial charge in [0, 0.05) is 24.3 Å². The van der Waals surface area contributed by atoms with Gasteiger partial charge in [-0.25, -0.2) is 0 Å². The molecule has 4 nitrogen and oxygen atoms in total. The van der Waals surface area contributed by atoms with Crippen LogP contribution in [0.5, 0.6) is 5.75 Å². The molecule has 1 atom stereocenters. The molecule has 3 rings (SSSR count). The average molecular weight is 233 g/mol. The predicted octanol–water partition coefficient (Wildman–Crippen LogP) is 1.96. The van der Waals surface area contributed by atoms with Crippen molar-refractivity contribution in [3.8, 4) is 5.75 Å². The number of rotatable bonds is 1. The van der Waals surface area contributed by atoms with E-state index in [0.29, 0.717) is 6.04 Å². The highest BCUT2D eigenvalue weighted by Crippen LogP contribution is 2.40. The van der Waals surface area contributed by atoms with Crippen LogP contribution in [0.4, 0.5) is 5.69 Å². The number of fused-ring (bicyclic) bond motifs is 1. The minimum Gasteiger partial charge on any atom is -0.488 e. The quantitative estimate of drug-likeness (QED) is 0.804. The molecule has 3 heterocycles. The van der Waals surface area contributed by atoms with Gasteiger partial charge in [0.1, 0.15) is 6.61 Å². The Morgan fingerprint density at radius 1 is 1.53 bits per heavy atom. The molecule has 1 N–H and O–H groups in total. The molecule has 17 heavy (non-hydrogen) atoms. The van der Waals surface area contributed by atoms with Gasteiger partial charge in [0.05, 0.1) is 11.4 Å². The molecule has 92 valence electrons. The van der Waals surface area contributed by atoms with E-state index in [1.54, 1.807) is 0 Å². The Bertz CT molecular complexity index is 433. The van der Waals surface area contributed by atoms with Gasteiger partial charge in [0.25, 0.3) is 0 Å². The van der Waals surface area contributed by atoms with Crippen molar-refractivity contribution in [2.75, 3.05) is 32.1 Å². The SMILES string of the molecule is Cc1ncc([C@@H]2CCCN2C)c2c1OCCN2. The van der Waals surface area contributed by atoms with Crippen LogP contribution >= 0.6 is 0 Å². The van der Waals surface area contributed by atoms with Crippen LogP contribution in [0.3, 0.4) is 0 Å². The molecule has 0 unspecified atom stereocenters. The van der Waals surface area contributed by atoms with Crippen molar-refractivity contribution in [2.45, 2.75) is 25.8 Å². The zero-order chi connectivity index (χ0) is 11.8. The third-order valence-electron chi connectivity index (χ3n) is 3.77. The molecule has 0 bridgehead atoms. The maximum Gasteiger partial charge on any atom is 0.163 e. The lowest BCUT2D eigenvalue weighted by atomic mass is 10.0. The van der Waals surface area contributed by atoms with E-state index in [4.69, 9.17) is 4.74 Å². The van der Waals surface area contributed by atoms with Gasteiger partial charge < -0.3 is 10.1 Å². The van der Waals surface area contributed by atoms with Crippen LogP contribution in [0.1, 0.15) is 30.1 Å². The summed E-state index contributed by atoms with van der Waals surface area (Å²) in [5, 5.41) is 3.48. The molecule has 1 aromatic rings. The molecule has 0 aromatic carbocycles. The standard InChI is InChI=1S/C13H19N3O/c1-9-13-12(14-5-7-17-13)10(8-15-9)11-4-3-6-16(11)2/h8,11,14H,3-7H2,1-2H3/t11-/m0/s1. The highest BCUT2D eigenvalue weighted by molar-refractivity contribution is 5.65. The lowest BCUT2D eigenvalue weighted by molar-refractivity contribution is 0.304. The normalized spacial score (nSPS) is 24.0. The summed E-state index contributed by atoms with van der Waals surface area (Å²) in [7, 11) is 2.19. The minimum atomic E-state index is 0.492. The van der Waals surface area contributed by atoms with Gasteiger partial charge in [0.15, 0.2) is 5.75 Å². The highest BCUT2D eigenvalue weighted by Gasteiger charge is 2.28. The number of pyridine rings is 1. The Balaban J connectivity index is 2.04. The summed E-state index contributed by atoms with van der Waals surface area (Å²) >= 11 is 0. The summed E-state index contributed by atoms with van der Waals surface area (Å²) < 4.78 is 5.75. The van der Waals surface area contributed by atoms with Gasteiger partial charge in [-0.15, -0.1) is 0 Å². The molecule has 1 fully saturated rings. The second kappa shape index (κ2) is 4.18. The maximum absolute atomic E-state index is 5.75. The smallest absolute Gasteiger partial charge is 0.163 e. The molecular weight excluding hydrogens is 214 g/mol. The largest absolute Gasteiger partial charge is 0.488 e. The number of hydrogen-bond acceptors (Lipinski definition) is 4. The maximum atomic E-state index is 5.75. The van der Waals surface area contributed by atoms with Crippen LogP contribution in [0, 0.1) is 6.92 Å². The first-order chi connectivity index (χ1) is 8.27. The Hall–Kier alpha value is -1.29. The number of aromatic nitrogens is 1. The van der Waals surface area contributed by atoms with E-state index in [1.165, 1.54) is 30.6 Å². The van der Waals surface area contributed by atoms with Crippen molar-refractivity contribution in [1.82, 2.24) is 9.88 Å². The third-order valence-corrected chi connectivity index (χ3v) is 3.77. The first-order valence-electron chi connectivity index (χ1n) is 6.34. The Morgan fingerprint density at radius 3 is 3.18 bits per heavy atom. The van der Waals surface area contributed by atoms with Crippen molar-refractivity contribution in [2.24, 2.45) is 0 Å². The molecule has 1 saturated heterocycles. The summed E-state index contributed by atoms with van der Waals surface area (Å²) in [5.41, 5.74) is 3.45. The van der Waals surface area contributed by atoms with Crippen LogP contribution in [-0.4, -0.2) is 36.6 Å². The second-order valence-electron chi connectivity index (χ2n) is 4.92. The molecule has 0 amide bonds. The number of nitrogens with zero attached hydrogens (tertiary/aromatic N) is 2. The highest BCUT2D eigenvalue weighted by atomic mass is 16.5. The molecule has 1 aromatic heterocycles. The van der Waals surface area contributed by atoms with Crippen molar-refractivity contribution in [3.63, 3.8) is 0 Å². The van der Waals surface area contributed by atoms with Gasteiger partial charge in [-0.05, 0) is 33.4 Å². The van der Waals surface area contributed by atoms with Crippen molar-refractivity contribution in [3.05, 3.63) is 17.5 Å². The van der Waals surface area contributed by atoms with E-state index in [2.05, 4.69) is 22.2 Å². The molecule has 2 aliphatic heterocycles. The zero-order valence-electron chi connectivity index (χ0n) is 10.5. The summed E-state index contributed by atoms with van der Waals surface area (Å²) in [4.78, 5) is 6.89. The van der Waals surface area contributed by atoms with E-state index in [1.807, 2.05) is 13.1 Å². The lowest BCUT2D eigenvalue weighted by Gasteiger charge is -2.27. The molecule has 0 spiro atoms. The van der Waals surface area contributed by atoms with Gasteiger partial charge in [-0.1, -0.05) is 0 Å². The monoisotopic (exact) mass is 233 g/mol. The molecule has 2 aliphatic rings. The average Bonchev–Trinajstić information content (AvgIpc) is 2.77. The number of likely N-dealkylation sites (tertiary alicyclic amines) is 1. The molecule has 0 saturated carbocycles. The van der Waals surface area contributed by atoms with Crippen molar-refractivity contribution < 1.29 is 4.74 Å². The molecule has 4 heteroatoms. The summed E-state index contributed by atoms with van der Waals surface area (Å²) in [5.74, 6) is 0.953. The fourth-order valence-corrected chi connectivity index (χ4v) is 2.85.